The second-order valence-corrected chi connectivity index (χ2v) is 5.39. The van der Waals surface area contributed by atoms with Gasteiger partial charge in [0.15, 0.2) is 10.8 Å². The fourth-order valence-electron chi connectivity index (χ4n) is 1.69. The van der Waals surface area contributed by atoms with E-state index >= 15 is 0 Å². The number of rotatable bonds is 3. The van der Waals surface area contributed by atoms with E-state index in [9.17, 15) is 4.79 Å². The molecule has 0 unspecified atom stereocenters. The Morgan fingerprint density at radius 2 is 1.90 bits per heavy atom. The monoisotopic (exact) mass is 316 g/mol. The summed E-state index contributed by atoms with van der Waals surface area (Å²) in [6.45, 7) is 0. The van der Waals surface area contributed by atoms with E-state index < -0.39 is 0 Å². The Balaban J connectivity index is 1.73. The van der Waals surface area contributed by atoms with Gasteiger partial charge in [0.05, 0.1) is 0 Å². The highest BCUT2D eigenvalue weighted by molar-refractivity contribution is 7.13. The van der Waals surface area contributed by atoms with Crippen LogP contribution in [0.25, 0.3) is 10.6 Å². The number of halogens is 1. The van der Waals surface area contributed by atoms with Crippen LogP contribution in [0.2, 0.25) is 5.15 Å². The van der Waals surface area contributed by atoms with Gasteiger partial charge in [-0.3, -0.25) is 4.79 Å². The van der Waals surface area contributed by atoms with E-state index in [0.717, 1.165) is 10.6 Å². The lowest BCUT2D eigenvalue weighted by Gasteiger charge is -2.05. The third-order valence-corrected chi connectivity index (χ3v) is 3.71. The van der Waals surface area contributed by atoms with Crippen molar-refractivity contribution in [2.75, 3.05) is 5.32 Å². The molecule has 0 radical (unpaired) electrons. The molecule has 1 aromatic carbocycles. The number of carbonyl (C=O) groups is 1. The van der Waals surface area contributed by atoms with Gasteiger partial charge in [0.2, 0.25) is 0 Å². The van der Waals surface area contributed by atoms with Crippen LogP contribution < -0.4 is 5.32 Å². The summed E-state index contributed by atoms with van der Waals surface area (Å²) in [6.07, 6.45) is 1.76. The van der Waals surface area contributed by atoms with Gasteiger partial charge in [-0.2, -0.15) is 0 Å². The third kappa shape index (κ3) is 3.24. The smallest absolute Gasteiger partial charge is 0.276 e. The molecule has 21 heavy (non-hydrogen) atoms. The van der Waals surface area contributed by atoms with Crippen LogP contribution >= 0.6 is 22.9 Å². The zero-order valence-electron chi connectivity index (χ0n) is 10.7. The predicted molar refractivity (Wildman–Crippen MR) is 82.5 cm³/mol. The van der Waals surface area contributed by atoms with Crippen molar-refractivity contribution in [1.29, 1.82) is 0 Å². The van der Waals surface area contributed by atoms with Crippen LogP contribution in [0.4, 0.5) is 5.69 Å². The van der Waals surface area contributed by atoms with Crippen molar-refractivity contribution >= 4 is 34.5 Å². The topological polar surface area (TPSA) is 67.8 Å². The summed E-state index contributed by atoms with van der Waals surface area (Å²) < 4.78 is 0. The Kier molecular flexibility index (Phi) is 3.89. The fourth-order valence-corrected chi connectivity index (χ4v) is 2.44. The van der Waals surface area contributed by atoms with Gasteiger partial charge < -0.3 is 5.32 Å². The van der Waals surface area contributed by atoms with Crippen LogP contribution in [0.3, 0.4) is 0 Å². The van der Waals surface area contributed by atoms with Crippen molar-refractivity contribution < 1.29 is 4.79 Å². The molecule has 1 N–H and O–H groups in total. The van der Waals surface area contributed by atoms with Crippen molar-refractivity contribution in [2.24, 2.45) is 0 Å². The van der Waals surface area contributed by atoms with Crippen LogP contribution in [0.1, 0.15) is 10.5 Å². The third-order valence-electron chi connectivity index (χ3n) is 2.69. The number of benzene rings is 1. The summed E-state index contributed by atoms with van der Waals surface area (Å²) in [5.74, 6) is -0.332. The SMILES string of the molecule is O=C(Nc1ccc(-c2nccs2)cc1)c1ccc(Cl)nn1. The minimum atomic E-state index is -0.332. The number of nitrogens with one attached hydrogen (secondary N) is 1. The summed E-state index contributed by atoms with van der Waals surface area (Å²) >= 11 is 7.20. The molecule has 1 amide bonds. The maximum Gasteiger partial charge on any atom is 0.276 e. The minimum Gasteiger partial charge on any atom is -0.321 e. The van der Waals surface area contributed by atoms with Crippen molar-refractivity contribution in [3.8, 4) is 10.6 Å². The zero-order valence-corrected chi connectivity index (χ0v) is 12.2. The second-order valence-electron chi connectivity index (χ2n) is 4.11. The van der Waals surface area contributed by atoms with Gasteiger partial charge in [0, 0.05) is 22.8 Å². The molecule has 0 fully saturated rings. The number of nitrogens with zero attached hydrogens (tertiary/aromatic N) is 3. The van der Waals surface area contributed by atoms with Crippen molar-refractivity contribution in [2.45, 2.75) is 0 Å². The molecule has 0 saturated carbocycles. The number of amides is 1. The Labute approximate surface area is 129 Å². The first kappa shape index (κ1) is 13.7. The Hall–Kier alpha value is -2.31. The highest BCUT2D eigenvalue weighted by Gasteiger charge is 2.08. The number of aromatic nitrogens is 3. The van der Waals surface area contributed by atoms with E-state index in [2.05, 4.69) is 20.5 Å². The largest absolute Gasteiger partial charge is 0.321 e. The summed E-state index contributed by atoms with van der Waals surface area (Å²) in [6, 6.07) is 10.5. The molecule has 5 nitrogen and oxygen atoms in total. The molecule has 3 rings (SSSR count). The van der Waals surface area contributed by atoms with Crippen molar-refractivity contribution in [3.63, 3.8) is 0 Å². The number of hydrogen-bond acceptors (Lipinski definition) is 5. The van der Waals surface area contributed by atoms with Crippen LogP contribution in [0.15, 0.2) is 48.0 Å². The number of anilines is 1. The van der Waals surface area contributed by atoms with E-state index in [4.69, 9.17) is 11.6 Å². The van der Waals surface area contributed by atoms with Crippen LogP contribution in [0.5, 0.6) is 0 Å². The first-order valence-electron chi connectivity index (χ1n) is 6.03. The average molecular weight is 317 g/mol. The Bertz CT molecular complexity index is 742. The Morgan fingerprint density at radius 1 is 1.10 bits per heavy atom. The maximum absolute atomic E-state index is 12.0. The second kappa shape index (κ2) is 5.99. The van der Waals surface area contributed by atoms with Crippen molar-refractivity contribution in [3.05, 3.63) is 58.8 Å². The number of hydrogen-bond donors (Lipinski definition) is 1. The highest BCUT2D eigenvalue weighted by atomic mass is 35.5. The molecule has 2 aromatic heterocycles. The lowest BCUT2D eigenvalue weighted by Crippen LogP contribution is -2.14. The molecular formula is C14H9ClN4OS. The summed E-state index contributed by atoms with van der Waals surface area (Å²) in [7, 11) is 0. The predicted octanol–water partition coefficient (Wildman–Crippen LogP) is 3.51. The number of carbonyl (C=O) groups excluding carboxylic acids is 1. The molecule has 2 heterocycles. The molecule has 0 aliphatic rings. The van der Waals surface area contributed by atoms with E-state index in [0.29, 0.717) is 5.69 Å². The molecule has 104 valence electrons. The first-order valence-corrected chi connectivity index (χ1v) is 7.28. The molecule has 0 saturated heterocycles. The molecule has 0 aliphatic carbocycles. The van der Waals surface area contributed by atoms with Gasteiger partial charge >= 0.3 is 0 Å². The van der Waals surface area contributed by atoms with Gasteiger partial charge in [-0.25, -0.2) is 4.98 Å². The van der Waals surface area contributed by atoms with E-state index in [1.165, 1.54) is 12.1 Å². The fraction of sp³-hybridized carbons (Fsp3) is 0. The molecule has 3 aromatic rings. The maximum atomic E-state index is 12.0. The quantitative estimate of drug-likeness (QED) is 0.803. The van der Waals surface area contributed by atoms with Gasteiger partial charge in [-0.05, 0) is 36.4 Å². The lowest BCUT2D eigenvalue weighted by molar-refractivity contribution is 0.102. The molecular weight excluding hydrogens is 308 g/mol. The van der Waals surface area contributed by atoms with Crippen LogP contribution in [0, 0.1) is 0 Å². The molecule has 0 spiro atoms. The summed E-state index contributed by atoms with van der Waals surface area (Å²) in [5.41, 5.74) is 1.90. The van der Waals surface area contributed by atoms with Gasteiger partial charge in [-0.15, -0.1) is 21.5 Å². The average Bonchev–Trinajstić information content (AvgIpc) is 3.03. The van der Waals surface area contributed by atoms with Gasteiger partial charge in [0.1, 0.15) is 5.01 Å². The van der Waals surface area contributed by atoms with Crippen LogP contribution in [-0.2, 0) is 0 Å². The first-order chi connectivity index (χ1) is 10.2. The number of thiazole rings is 1. The van der Waals surface area contributed by atoms with E-state index in [-0.39, 0.29) is 16.8 Å². The van der Waals surface area contributed by atoms with Gasteiger partial charge in [0.25, 0.3) is 5.91 Å². The zero-order chi connectivity index (χ0) is 14.7. The normalized spacial score (nSPS) is 10.3. The highest BCUT2D eigenvalue weighted by Crippen LogP contribution is 2.23. The minimum absolute atomic E-state index is 0.211. The molecule has 0 atom stereocenters. The molecule has 0 aliphatic heterocycles. The molecule has 0 bridgehead atoms. The molecule has 7 heteroatoms. The van der Waals surface area contributed by atoms with Gasteiger partial charge in [-0.1, -0.05) is 11.6 Å². The standard InChI is InChI=1S/C14H9ClN4OS/c15-12-6-5-11(18-19-12)13(20)17-10-3-1-9(2-4-10)14-16-7-8-21-14/h1-8H,(H,17,20). The summed E-state index contributed by atoms with van der Waals surface area (Å²) in [4.78, 5) is 16.2. The van der Waals surface area contributed by atoms with E-state index in [1.807, 2.05) is 29.6 Å². The van der Waals surface area contributed by atoms with Crippen LogP contribution in [-0.4, -0.2) is 21.1 Å². The lowest BCUT2D eigenvalue weighted by atomic mass is 10.2. The van der Waals surface area contributed by atoms with E-state index in [1.54, 1.807) is 17.5 Å². The van der Waals surface area contributed by atoms with Crippen molar-refractivity contribution in [1.82, 2.24) is 15.2 Å². The Morgan fingerprint density at radius 3 is 2.52 bits per heavy atom. The summed E-state index contributed by atoms with van der Waals surface area (Å²) in [5, 5.41) is 13.2.